The Morgan fingerprint density at radius 3 is 2.92 bits per heavy atom. The minimum absolute atomic E-state index is 0. The Bertz CT molecular complexity index is 410. The molecule has 2 aromatic heterocycles. The number of fused-ring (bicyclic) bond motifs is 1. The summed E-state index contributed by atoms with van der Waals surface area (Å²) in [6, 6.07) is 1.89. The third kappa shape index (κ3) is 1.56. The quantitative estimate of drug-likeness (QED) is 0.621. The maximum Gasteiger partial charge on any atom is 0.183 e. The van der Waals surface area contributed by atoms with Gasteiger partial charge in [0.1, 0.15) is 5.82 Å². The van der Waals surface area contributed by atoms with E-state index in [2.05, 4.69) is 15.2 Å². The number of hydrogen-bond acceptors (Lipinski definition) is 4. The van der Waals surface area contributed by atoms with Gasteiger partial charge in [-0.2, -0.15) is 5.10 Å². The number of hydrogen-bond donors (Lipinski definition) is 3. The Morgan fingerprint density at radius 2 is 2.23 bits per heavy atom. The van der Waals surface area contributed by atoms with E-state index < -0.39 is 0 Å². The topological polar surface area (TPSA) is 93.6 Å². The van der Waals surface area contributed by atoms with Crippen LogP contribution in [0.15, 0.2) is 12.3 Å². The molecule has 0 aliphatic rings. The number of nitrogen functional groups attached to an aromatic ring is 1. The monoisotopic (exact) mass is 199 g/mol. The van der Waals surface area contributed by atoms with Crippen molar-refractivity contribution in [2.24, 2.45) is 5.73 Å². The van der Waals surface area contributed by atoms with Crippen LogP contribution >= 0.6 is 12.4 Å². The van der Waals surface area contributed by atoms with Crippen molar-refractivity contribution >= 4 is 29.3 Å². The molecular formula is C7H10ClN5. The second-order valence-corrected chi connectivity index (χ2v) is 2.56. The predicted molar refractivity (Wildman–Crippen MR) is 53.4 cm³/mol. The third-order valence-corrected chi connectivity index (χ3v) is 1.73. The Morgan fingerprint density at radius 1 is 1.46 bits per heavy atom. The van der Waals surface area contributed by atoms with Gasteiger partial charge < -0.3 is 11.5 Å². The average Bonchev–Trinajstić information content (AvgIpc) is 2.47. The molecule has 0 bridgehead atoms. The van der Waals surface area contributed by atoms with Crippen LogP contribution in [0.5, 0.6) is 0 Å². The lowest BCUT2D eigenvalue weighted by Crippen LogP contribution is -1.96. The lowest BCUT2D eigenvalue weighted by atomic mass is 10.2. The molecule has 0 aliphatic carbocycles. The molecule has 0 atom stereocenters. The Kier molecular flexibility index (Phi) is 2.69. The number of nitrogens with zero attached hydrogens (tertiary/aromatic N) is 2. The highest BCUT2D eigenvalue weighted by Crippen LogP contribution is 2.15. The fourth-order valence-electron chi connectivity index (χ4n) is 1.07. The highest BCUT2D eigenvalue weighted by molar-refractivity contribution is 5.86. The molecule has 2 heterocycles. The molecule has 0 radical (unpaired) electrons. The van der Waals surface area contributed by atoms with Crippen LogP contribution in [0.3, 0.4) is 0 Å². The fraction of sp³-hybridized carbons (Fsp3) is 0.143. The molecule has 0 fully saturated rings. The van der Waals surface area contributed by atoms with Crippen LogP contribution in [-0.4, -0.2) is 15.2 Å². The molecule has 2 aromatic rings. The second-order valence-electron chi connectivity index (χ2n) is 2.56. The summed E-state index contributed by atoms with van der Waals surface area (Å²) < 4.78 is 0. The van der Waals surface area contributed by atoms with E-state index in [4.69, 9.17) is 11.5 Å². The normalized spacial score (nSPS) is 9.92. The van der Waals surface area contributed by atoms with Gasteiger partial charge in [-0.05, 0) is 11.6 Å². The summed E-state index contributed by atoms with van der Waals surface area (Å²) in [5.41, 5.74) is 12.6. The predicted octanol–water partition coefficient (Wildman–Crippen LogP) is 0.421. The van der Waals surface area contributed by atoms with Crippen LogP contribution in [-0.2, 0) is 6.54 Å². The highest BCUT2D eigenvalue weighted by Gasteiger charge is 2.02. The SMILES string of the molecule is Cl.NCc1cnc2n[nH]c(N)c2c1. The maximum absolute atomic E-state index is 5.60. The summed E-state index contributed by atoms with van der Waals surface area (Å²) in [6.45, 7) is 0.466. The molecule has 2 rings (SSSR count). The van der Waals surface area contributed by atoms with E-state index >= 15 is 0 Å². The van der Waals surface area contributed by atoms with Gasteiger partial charge in [0.05, 0.1) is 5.39 Å². The first-order chi connectivity index (χ1) is 5.81. The van der Waals surface area contributed by atoms with Crippen molar-refractivity contribution in [3.05, 3.63) is 17.8 Å². The van der Waals surface area contributed by atoms with Crippen molar-refractivity contribution in [3.8, 4) is 0 Å². The van der Waals surface area contributed by atoms with Gasteiger partial charge in [-0.3, -0.25) is 5.10 Å². The van der Waals surface area contributed by atoms with Crippen molar-refractivity contribution in [2.45, 2.75) is 6.54 Å². The summed E-state index contributed by atoms with van der Waals surface area (Å²) in [5.74, 6) is 0.535. The van der Waals surface area contributed by atoms with Crippen molar-refractivity contribution in [1.29, 1.82) is 0 Å². The van der Waals surface area contributed by atoms with E-state index in [1.165, 1.54) is 0 Å². The molecule has 0 unspecified atom stereocenters. The van der Waals surface area contributed by atoms with E-state index in [9.17, 15) is 0 Å². The number of anilines is 1. The summed E-state index contributed by atoms with van der Waals surface area (Å²) in [5, 5.41) is 7.38. The summed E-state index contributed by atoms with van der Waals surface area (Å²) >= 11 is 0. The van der Waals surface area contributed by atoms with Crippen LogP contribution < -0.4 is 11.5 Å². The van der Waals surface area contributed by atoms with Crippen molar-refractivity contribution in [2.75, 3.05) is 5.73 Å². The molecule has 0 saturated carbocycles. The molecule has 0 amide bonds. The van der Waals surface area contributed by atoms with Crippen molar-refractivity contribution < 1.29 is 0 Å². The minimum Gasteiger partial charge on any atom is -0.384 e. The first kappa shape index (κ1) is 9.76. The van der Waals surface area contributed by atoms with E-state index in [-0.39, 0.29) is 12.4 Å². The lowest BCUT2D eigenvalue weighted by molar-refractivity contribution is 1.05. The van der Waals surface area contributed by atoms with E-state index in [1.807, 2.05) is 6.07 Å². The van der Waals surface area contributed by atoms with E-state index in [1.54, 1.807) is 6.20 Å². The van der Waals surface area contributed by atoms with Crippen LogP contribution in [0.2, 0.25) is 0 Å². The molecule has 0 aromatic carbocycles. The van der Waals surface area contributed by atoms with E-state index in [0.29, 0.717) is 18.0 Å². The number of aromatic amines is 1. The van der Waals surface area contributed by atoms with Gasteiger partial charge in [-0.25, -0.2) is 4.98 Å². The van der Waals surface area contributed by atoms with E-state index in [0.717, 1.165) is 10.9 Å². The molecule has 0 saturated heterocycles. The Labute approximate surface area is 80.9 Å². The highest BCUT2D eigenvalue weighted by atomic mass is 35.5. The van der Waals surface area contributed by atoms with Gasteiger partial charge in [0.2, 0.25) is 0 Å². The number of H-pyrrole nitrogens is 1. The Hall–Kier alpha value is -1.33. The van der Waals surface area contributed by atoms with Crippen LogP contribution in [0.25, 0.3) is 11.0 Å². The number of aromatic nitrogens is 3. The van der Waals surface area contributed by atoms with Crippen LogP contribution in [0.4, 0.5) is 5.82 Å². The van der Waals surface area contributed by atoms with Gasteiger partial charge in [0.25, 0.3) is 0 Å². The van der Waals surface area contributed by atoms with Gasteiger partial charge in [-0.1, -0.05) is 0 Å². The molecule has 5 N–H and O–H groups in total. The molecule has 13 heavy (non-hydrogen) atoms. The molecule has 0 aliphatic heterocycles. The van der Waals surface area contributed by atoms with Crippen LogP contribution in [0, 0.1) is 0 Å². The van der Waals surface area contributed by atoms with Gasteiger partial charge in [0.15, 0.2) is 5.65 Å². The first-order valence-electron chi connectivity index (χ1n) is 3.60. The van der Waals surface area contributed by atoms with Gasteiger partial charge >= 0.3 is 0 Å². The van der Waals surface area contributed by atoms with Crippen molar-refractivity contribution in [1.82, 2.24) is 15.2 Å². The summed E-state index contributed by atoms with van der Waals surface area (Å²) in [6.07, 6.45) is 1.70. The zero-order valence-corrected chi connectivity index (χ0v) is 7.64. The van der Waals surface area contributed by atoms with Crippen LogP contribution in [0.1, 0.15) is 5.56 Å². The number of nitrogens with two attached hydrogens (primary N) is 2. The lowest BCUT2D eigenvalue weighted by Gasteiger charge is -1.94. The zero-order chi connectivity index (χ0) is 8.55. The molecular weight excluding hydrogens is 190 g/mol. The number of pyridine rings is 1. The molecule has 0 spiro atoms. The van der Waals surface area contributed by atoms with Crippen molar-refractivity contribution in [3.63, 3.8) is 0 Å². The molecule has 70 valence electrons. The maximum atomic E-state index is 5.60. The fourth-order valence-corrected chi connectivity index (χ4v) is 1.07. The zero-order valence-electron chi connectivity index (χ0n) is 6.82. The number of halogens is 1. The molecule has 6 heteroatoms. The average molecular weight is 200 g/mol. The Balaban J connectivity index is 0.000000845. The molecule has 5 nitrogen and oxygen atoms in total. The number of rotatable bonds is 1. The minimum atomic E-state index is 0. The van der Waals surface area contributed by atoms with Gasteiger partial charge in [-0.15, -0.1) is 12.4 Å². The largest absolute Gasteiger partial charge is 0.384 e. The first-order valence-corrected chi connectivity index (χ1v) is 3.60. The summed E-state index contributed by atoms with van der Waals surface area (Å²) in [7, 11) is 0. The standard InChI is InChI=1S/C7H9N5.ClH/c8-2-4-1-5-6(9)11-12-7(5)10-3-4;/h1,3H,2,8H2,(H3,9,10,11,12);1H. The number of nitrogens with one attached hydrogen (secondary N) is 1. The second kappa shape index (κ2) is 3.59. The summed E-state index contributed by atoms with van der Waals surface area (Å²) in [4.78, 5) is 4.07. The third-order valence-electron chi connectivity index (χ3n) is 1.73. The smallest absolute Gasteiger partial charge is 0.183 e. The van der Waals surface area contributed by atoms with Gasteiger partial charge in [0, 0.05) is 12.7 Å².